The molecule has 0 bridgehead atoms. The van der Waals surface area contributed by atoms with Crippen LogP contribution < -0.4 is 5.32 Å². The summed E-state index contributed by atoms with van der Waals surface area (Å²) in [7, 11) is 0. The zero-order valence-electron chi connectivity index (χ0n) is 11.9. The molecule has 0 heterocycles. The number of carbonyl (C=O) groups excluding carboxylic acids is 2. The molecule has 2 aromatic carbocycles. The number of carbonyl (C=O) groups is 2. The molecule has 3 heteroatoms. The van der Waals surface area contributed by atoms with Gasteiger partial charge in [-0.2, -0.15) is 0 Å². The first-order chi connectivity index (χ1) is 9.47. The van der Waals surface area contributed by atoms with E-state index in [0.717, 1.165) is 11.1 Å². The molecule has 0 aliphatic rings. The number of benzene rings is 2. The van der Waals surface area contributed by atoms with Crippen molar-refractivity contribution in [2.24, 2.45) is 0 Å². The van der Waals surface area contributed by atoms with Crippen molar-refractivity contribution in [2.75, 3.05) is 5.32 Å². The van der Waals surface area contributed by atoms with Gasteiger partial charge in [0.05, 0.1) is 5.69 Å². The third kappa shape index (κ3) is 3.12. The molecule has 0 atom stereocenters. The highest BCUT2D eigenvalue weighted by Gasteiger charge is 2.11. The van der Waals surface area contributed by atoms with E-state index in [1.165, 1.54) is 6.92 Å². The lowest BCUT2D eigenvalue weighted by molar-refractivity contribution is 0.101. The Balaban J connectivity index is 2.30. The summed E-state index contributed by atoms with van der Waals surface area (Å²) in [5.41, 5.74) is 3.74. The summed E-state index contributed by atoms with van der Waals surface area (Å²) in [5.74, 6) is -0.271. The third-order valence-electron chi connectivity index (χ3n) is 3.04. The molecule has 0 radical (unpaired) electrons. The van der Waals surface area contributed by atoms with Crippen LogP contribution in [0.2, 0.25) is 0 Å². The fraction of sp³-hybridized carbons (Fsp3) is 0.176. The average Bonchev–Trinajstić information content (AvgIpc) is 2.37. The van der Waals surface area contributed by atoms with Crippen LogP contribution in [-0.2, 0) is 0 Å². The van der Waals surface area contributed by atoms with Gasteiger partial charge in [-0.1, -0.05) is 29.3 Å². The molecule has 0 aromatic heterocycles. The van der Waals surface area contributed by atoms with Crippen molar-refractivity contribution >= 4 is 17.4 Å². The molecule has 2 aromatic rings. The van der Waals surface area contributed by atoms with Gasteiger partial charge in [-0.15, -0.1) is 0 Å². The highest BCUT2D eigenvalue weighted by atomic mass is 16.1. The summed E-state index contributed by atoms with van der Waals surface area (Å²) in [6.07, 6.45) is 0. The lowest BCUT2D eigenvalue weighted by atomic mass is 10.1. The minimum Gasteiger partial charge on any atom is -0.321 e. The number of hydrogen-bond donors (Lipinski definition) is 1. The van der Waals surface area contributed by atoms with Gasteiger partial charge in [-0.25, -0.2) is 0 Å². The summed E-state index contributed by atoms with van der Waals surface area (Å²) in [6.45, 7) is 5.39. The predicted octanol–water partition coefficient (Wildman–Crippen LogP) is 3.76. The van der Waals surface area contributed by atoms with E-state index in [2.05, 4.69) is 5.32 Å². The number of amides is 1. The van der Waals surface area contributed by atoms with Crippen molar-refractivity contribution in [3.8, 4) is 0 Å². The molecule has 102 valence electrons. The van der Waals surface area contributed by atoms with Crippen molar-refractivity contribution < 1.29 is 9.59 Å². The molecule has 20 heavy (non-hydrogen) atoms. The lowest BCUT2D eigenvalue weighted by Crippen LogP contribution is -2.14. The van der Waals surface area contributed by atoms with Gasteiger partial charge in [-0.3, -0.25) is 9.59 Å². The predicted molar refractivity (Wildman–Crippen MR) is 80.3 cm³/mol. The second kappa shape index (κ2) is 5.70. The molecule has 0 saturated heterocycles. The van der Waals surface area contributed by atoms with E-state index in [4.69, 9.17) is 0 Å². The van der Waals surface area contributed by atoms with Gasteiger partial charge in [-0.05, 0) is 45.0 Å². The van der Waals surface area contributed by atoms with E-state index in [-0.39, 0.29) is 11.7 Å². The van der Waals surface area contributed by atoms with Crippen molar-refractivity contribution in [1.82, 2.24) is 0 Å². The van der Waals surface area contributed by atoms with E-state index in [0.29, 0.717) is 16.8 Å². The van der Waals surface area contributed by atoms with Crippen LogP contribution in [0, 0.1) is 13.8 Å². The second-order valence-electron chi connectivity index (χ2n) is 4.93. The Morgan fingerprint density at radius 2 is 1.55 bits per heavy atom. The average molecular weight is 267 g/mol. The number of hydrogen-bond acceptors (Lipinski definition) is 2. The van der Waals surface area contributed by atoms with Crippen molar-refractivity contribution in [3.05, 3.63) is 64.7 Å². The molecule has 0 aliphatic heterocycles. The van der Waals surface area contributed by atoms with Gasteiger partial charge in [0.25, 0.3) is 5.91 Å². The largest absolute Gasteiger partial charge is 0.321 e. The molecule has 0 unspecified atom stereocenters. The summed E-state index contributed by atoms with van der Waals surface area (Å²) in [5, 5.41) is 2.80. The normalized spacial score (nSPS) is 10.2. The van der Waals surface area contributed by atoms with Crippen LogP contribution in [0.1, 0.15) is 38.8 Å². The minimum atomic E-state index is -0.203. The van der Waals surface area contributed by atoms with Crippen LogP contribution in [0.3, 0.4) is 0 Å². The number of para-hydroxylation sites is 1. The van der Waals surface area contributed by atoms with E-state index in [1.807, 2.05) is 32.0 Å². The summed E-state index contributed by atoms with van der Waals surface area (Å²) in [6, 6.07) is 12.7. The van der Waals surface area contributed by atoms with Gasteiger partial charge in [0.1, 0.15) is 0 Å². The highest BCUT2D eigenvalue weighted by Crippen LogP contribution is 2.17. The van der Waals surface area contributed by atoms with E-state index >= 15 is 0 Å². The maximum absolute atomic E-state index is 12.3. The molecule has 1 amide bonds. The fourth-order valence-corrected chi connectivity index (χ4v) is 2.20. The van der Waals surface area contributed by atoms with Crippen LogP contribution >= 0.6 is 0 Å². The van der Waals surface area contributed by atoms with Crippen LogP contribution in [0.25, 0.3) is 0 Å². The van der Waals surface area contributed by atoms with Crippen LogP contribution in [-0.4, -0.2) is 11.7 Å². The van der Waals surface area contributed by atoms with Gasteiger partial charge >= 0.3 is 0 Å². The smallest absolute Gasteiger partial charge is 0.255 e. The summed E-state index contributed by atoms with van der Waals surface area (Å²) in [4.78, 5) is 23.8. The summed E-state index contributed by atoms with van der Waals surface area (Å²) < 4.78 is 0. The Hall–Kier alpha value is -2.42. The topological polar surface area (TPSA) is 46.2 Å². The Morgan fingerprint density at radius 3 is 2.15 bits per heavy atom. The Labute approximate surface area is 118 Å². The SMILES string of the molecule is CC(=O)c1ccccc1NC(=O)c1cc(C)cc(C)c1. The van der Waals surface area contributed by atoms with E-state index in [1.54, 1.807) is 24.3 Å². The van der Waals surface area contributed by atoms with Gasteiger partial charge in [0, 0.05) is 11.1 Å². The lowest BCUT2D eigenvalue weighted by Gasteiger charge is -2.10. The zero-order chi connectivity index (χ0) is 14.7. The summed E-state index contributed by atoms with van der Waals surface area (Å²) >= 11 is 0. The number of rotatable bonds is 3. The van der Waals surface area contributed by atoms with Crippen LogP contribution in [0.15, 0.2) is 42.5 Å². The quantitative estimate of drug-likeness (QED) is 0.861. The van der Waals surface area contributed by atoms with Gasteiger partial charge < -0.3 is 5.32 Å². The molecule has 0 fully saturated rings. The fourth-order valence-electron chi connectivity index (χ4n) is 2.20. The number of nitrogens with one attached hydrogen (secondary N) is 1. The zero-order valence-corrected chi connectivity index (χ0v) is 11.9. The van der Waals surface area contributed by atoms with Crippen molar-refractivity contribution in [3.63, 3.8) is 0 Å². The van der Waals surface area contributed by atoms with Gasteiger partial charge in [0.2, 0.25) is 0 Å². The molecule has 3 nitrogen and oxygen atoms in total. The molecule has 2 rings (SSSR count). The number of aryl methyl sites for hydroxylation is 2. The highest BCUT2D eigenvalue weighted by molar-refractivity contribution is 6.09. The molecule has 1 N–H and O–H groups in total. The monoisotopic (exact) mass is 267 g/mol. The van der Waals surface area contributed by atoms with Crippen molar-refractivity contribution in [1.29, 1.82) is 0 Å². The molecular weight excluding hydrogens is 250 g/mol. The van der Waals surface area contributed by atoms with E-state index in [9.17, 15) is 9.59 Å². The van der Waals surface area contributed by atoms with Crippen molar-refractivity contribution in [2.45, 2.75) is 20.8 Å². The number of anilines is 1. The third-order valence-corrected chi connectivity index (χ3v) is 3.04. The first kappa shape index (κ1) is 14.0. The number of ketones is 1. The molecule has 0 spiro atoms. The van der Waals surface area contributed by atoms with Crippen LogP contribution in [0.5, 0.6) is 0 Å². The first-order valence-corrected chi connectivity index (χ1v) is 6.47. The second-order valence-corrected chi connectivity index (χ2v) is 4.93. The molecular formula is C17H17NO2. The number of Topliss-reactive ketones (excluding diaryl/α,β-unsaturated/α-hetero) is 1. The maximum atomic E-state index is 12.3. The first-order valence-electron chi connectivity index (χ1n) is 6.47. The Morgan fingerprint density at radius 1 is 0.950 bits per heavy atom. The van der Waals surface area contributed by atoms with E-state index < -0.39 is 0 Å². The standard InChI is InChI=1S/C17H17NO2/c1-11-8-12(2)10-14(9-11)17(20)18-16-7-5-4-6-15(16)13(3)19/h4-10H,1-3H3,(H,18,20). The maximum Gasteiger partial charge on any atom is 0.255 e. The Kier molecular flexibility index (Phi) is 3.99. The minimum absolute atomic E-state index is 0.0682. The molecule has 0 aliphatic carbocycles. The van der Waals surface area contributed by atoms with Crippen LogP contribution in [0.4, 0.5) is 5.69 Å². The Bertz CT molecular complexity index is 654. The van der Waals surface area contributed by atoms with Gasteiger partial charge in [0.15, 0.2) is 5.78 Å². The molecule has 0 saturated carbocycles.